The fourth-order valence-corrected chi connectivity index (χ4v) is 2.97. The number of carbonyl (C=O) groups is 1. The summed E-state index contributed by atoms with van der Waals surface area (Å²) >= 11 is 0. The lowest BCUT2D eigenvalue weighted by atomic mass is 9.92. The number of hydrogen-bond acceptors (Lipinski definition) is 4. The highest BCUT2D eigenvalue weighted by Gasteiger charge is 2.23. The summed E-state index contributed by atoms with van der Waals surface area (Å²) < 4.78 is 41.2. The molecule has 1 unspecified atom stereocenters. The Bertz CT molecular complexity index is 798. The van der Waals surface area contributed by atoms with Gasteiger partial charge in [0, 0.05) is 6.26 Å². The predicted octanol–water partition coefficient (Wildman–Crippen LogP) is 2.73. The van der Waals surface area contributed by atoms with Crippen LogP contribution in [0, 0.1) is 5.82 Å². The van der Waals surface area contributed by atoms with Gasteiger partial charge in [0.05, 0.1) is 17.9 Å². The third-order valence-corrected chi connectivity index (χ3v) is 4.64. The van der Waals surface area contributed by atoms with E-state index in [4.69, 9.17) is 4.74 Å². The van der Waals surface area contributed by atoms with Gasteiger partial charge in [-0.3, -0.25) is 4.79 Å². The van der Waals surface area contributed by atoms with Crippen molar-refractivity contribution in [3.8, 4) is 0 Å². The standard InChI is InChI=1S/C17H17FO4S/c1-22-17(19)16(10-12-6-8-14(18)9-7-12)13-4-3-5-15(11-13)23(2,20)21/h3-9,11,16H,10H2,1-2H3. The summed E-state index contributed by atoms with van der Waals surface area (Å²) in [5.74, 6) is -1.49. The van der Waals surface area contributed by atoms with E-state index in [1.165, 1.54) is 31.4 Å². The van der Waals surface area contributed by atoms with Gasteiger partial charge in [0.25, 0.3) is 0 Å². The van der Waals surface area contributed by atoms with Crippen LogP contribution < -0.4 is 0 Å². The van der Waals surface area contributed by atoms with Crippen LogP contribution in [-0.2, 0) is 25.8 Å². The number of ether oxygens (including phenoxy) is 1. The summed E-state index contributed by atoms with van der Waals surface area (Å²) in [5.41, 5.74) is 1.30. The minimum absolute atomic E-state index is 0.142. The molecular weight excluding hydrogens is 319 g/mol. The van der Waals surface area contributed by atoms with E-state index < -0.39 is 21.7 Å². The maximum Gasteiger partial charge on any atom is 0.313 e. The van der Waals surface area contributed by atoms with Gasteiger partial charge in [-0.2, -0.15) is 0 Å². The van der Waals surface area contributed by atoms with Gasteiger partial charge < -0.3 is 4.74 Å². The molecule has 0 radical (unpaired) electrons. The van der Waals surface area contributed by atoms with E-state index in [0.29, 0.717) is 12.0 Å². The Morgan fingerprint density at radius 1 is 1.17 bits per heavy atom. The lowest BCUT2D eigenvalue weighted by Gasteiger charge is -2.16. The number of benzene rings is 2. The second-order valence-electron chi connectivity index (χ2n) is 5.25. The Labute approximate surface area is 134 Å². The SMILES string of the molecule is COC(=O)C(Cc1ccc(F)cc1)c1cccc(S(C)(=O)=O)c1. The highest BCUT2D eigenvalue weighted by atomic mass is 32.2. The molecule has 0 aliphatic carbocycles. The molecule has 6 heteroatoms. The Balaban J connectivity index is 2.39. The summed E-state index contributed by atoms with van der Waals surface area (Å²) in [6, 6.07) is 12.0. The Morgan fingerprint density at radius 3 is 2.39 bits per heavy atom. The second kappa shape index (κ2) is 6.91. The lowest BCUT2D eigenvalue weighted by molar-refractivity contribution is -0.142. The fraction of sp³-hybridized carbons (Fsp3) is 0.235. The van der Waals surface area contributed by atoms with Crippen molar-refractivity contribution in [1.82, 2.24) is 0 Å². The fourth-order valence-electron chi connectivity index (χ4n) is 2.30. The van der Waals surface area contributed by atoms with Crippen LogP contribution in [0.3, 0.4) is 0 Å². The van der Waals surface area contributed by atoms with Gasteiger partial charge in [-0.1, -0.05) is 24.3 Å². The first-order valence-electron chi connectivity index (χ1n) is 6.93. The normalized spacial score (nSPS) is 12.7. The predicted molar refractivity (Wildman–Crippen MR) is 84.4 cm³/mol. The summed E-state index contributed by atoms with van der Waals surface area (Å²) in [6.45, 7) is 0. The molecule has 0 aromatic heterocycles. The van der Waals surface area contributed by atoms with E-state index in [-0.39, 0.29) is 10.7 Å². The van der Waals surface area contributed by atoms with Crippen molar-refractivity contribution in [1.29, 1.82) is 0 Å². The van der Waals surface area contributed by atoms with Crippen LogP contribution >= 0.6 is 0 Å². The molecule has 2 aromatic rings. The van der Waals surface area contributed by atoms with Crippen LogP contribution in [0.2, 0.25) is 0 Å². The summed E-state index contributed by atoms with van der Waals surface area (Å²) in [5, 5.41) is 0. The highest BCUT2D eigenvalue weighted by molar-refractivity contribution is 7.90. The van der Waals surface area contributed by atoms with Gasteiger partial charge in [-0.05, 0) is 41.8 Å². The molecule has 0 heterocycles. The number of esters is 1. The zero-order chi connectivity index (χ0) is 17.0. The molecule has 122 valence electrons. The van der Waals surface area contributed by atoms with Crippen molar-refractivity contribution < 1.29 is 22.3 Å². The lowest BCUT2D eigenvalue weighted by Crippen LogP contribution is -2.17. The molecule has 0 saturated heterocycles. The largest absolute Gasteiger partial charge is 0.469 e. The molecule has 2 aromatic carbocycles. The summed E-state index contributed by atoms with van der Waals surface area (Å²) in [7, 11) is -2.09. The first-order valence-corrected chi connectivity index (χ1v) is 8.82. The topological polar surface area (TPSA) is 60.4 Å². The molecule has 0 saturated carbocycles. The van der Waals surface area contributed by atoms with E-state index >= 15 is 0 Å². The van der Waals surface area contributed by atoms with Gasteiger partial charge in [0.15, 0.2) is 9.84 Å². The molecule has 23 heavy (non-hydrogen) atoms. The molecule has 0 amide bonds. The maximum absolute atomic E-state index is 13.0. The van der Waals surface area contributed by atoms with Crippen LogP contribution in [-0.4, -0.2) is 27.8 Å². The van der Waals surface area contributed by atoms with Crippen LogP contribution in [0.1, 0.15) is 17.0 Å². The number of hydrogen-bond donors (Lipinski definition) is 0. The van der Waals surface area contributed by atoms with E-state index in [2.05, 4.69) is 0 Å². The molecule has 0 aliphatic rings. The van der Waals surface area contributed by atoms with Gasteiger partial charge >= 0.3 is 5.97 Å². The monoisotopic (exact) mass is 336 g/mol. The Hall–Kier alpha value is -2.21. The molecule has 0 aliphatic heterocycles. The smallest absolute Gasteiger partial charge is 0.313 e. The van der Waals surface area contributed by atoms with Crippen LogP contribution in [0.4, 0.5) is 4.39 Å². The van der Waals surface area contributed by atoms with Gasteiger partial charge in [-0.25, -0.2) is 12.8 Å². The molecule has 4 nitrogen and oxygen atoms in total. The van der Waals surface area contributed by atoms with E-state index in [9.17, 15) is 17.6 Å². The number of carbonyl (C=O) groups excluding carboxylic acids is 1. The van der Waals surface area contributed by atoms with Gasteiger partial charge in [-0.15, -0.1) is 0 Å². The number of rotatable bonds is 5. The van der Waals surface area contributed by atoms with Crippen molar-refractivity contribution in [3.05, 3.63) is 65.5 Å². The molecule has 0 spiro atoms. The van der Waals surface area contributed by atoms with E-state index in [1.807, 2.05) is 0 Å². The van der Waals surface area contributed by atoms with E-state index in [1.54, 1.807) is 24.3 Å². The number of methoxy groups -OCH3 is 1. The molecule has 0 N–H and O–H groups in total. The average molecular weight is 336 g/mol. The highest BCUT2D eigenvalue weighted by Crippen LogP contribution is 2.25. The van der Waals surface area contributed by atoms with Crippen molar-refractivity contribution in [2.75, 3.05) is 13.4 Å². The number of halogens is 1. The van der Waals surface area contributed by atoms with Crippen molar-refractivity contribution in [3.63, 3.8) is 0 Å². The zero-order valence-corrected chi connectivity index (χ0v) is 13.6. The van der Waals surface area contributed by atoms with Crippen LogP contribution in [0.25, 0.3) is 0 Å². The third-order valence-electron chi connectivity index (χ3n) is 3.53. The molecule has 1 atom stereocenters. The molecule has 0 bridgehead atoms. The van der Waals surface area contributed by atoms with E-state index in [0.717, 1.165) is 11.8 Å². The van der Waals surface area contributed by atoms with Crippen molar-refractivity contribution in [2.24, 2.45) is 0 Å². The first kappa shape index (κ1) is 17.1. The molecule has 2 rings (SSSR count). The van der Waals surface area contributed by atoms with Crippen LogP contribution in [0.15, 0.2) is 53.4 Å². The quantitative estimate of drug-likeness (QED) is 0.788. The zero-order valence-electron chi connectivity index (χ0n) is 12.8. The first-order chi connectivity index (χ1) is 10.8. The van der Waals surface area contributed by atoms with Crippen molar-refractivity contribution in [2.45, 2.75) is 17.2 Å². The van der Waals surface area contributed by atoms with Gasteiger partial charge in [0.2, 0.25) is 0 Å². The second-order valence-corrected chi connectivity index (χ2v) is 7.27. The molecule has 0 fully saturated rings. The van der Waals surface area contributed by atoms with Gasteiger partial charge in [0.1, 0.15) is 5.82 Å². The number of sulfone groups is 1. The summed E-state index contributed by atoms with van der Waals surface area (Å²) in [6.07, 6.45) is 1.40. The maximum atomic E-state index is 13.0. The third kappa shape index (κ3) is 4.39. The average Bonchev–Trinajstić information content (AvgIpc) is 2.53. The molecular formula is C17H17FO4S. The minimum Gasteiger partial charge on any atom is -0.469 e. The van der Waals surface area contributed by atoms with Crippen LogP contribution in [0.5, 0.6) is 0 Å². The Morgan fingerprint density at radius 2 is 1.83 bits per heavy atom. The Kier molecular flexibility index (Phi) is 5.15. The van der Waals surface area contributed by atoms with Crippen molar-refractivity contribution >= 4 is 15.8 Å². The minimum atomic E-state index is -3.37. The summed E-state index contributed by atoms with van der Waals surface area (Å²) in [4.78, 5) is 12.2.